The van der Waals surface area contributed by atoms with E-state index in [-0.39, 0.29) is 30.7 Å². The summed E-state index contributed by atoms with van der Waals surface area (Å²) < 4.78 is 67.9. The Morgan fingerprint density at radius 2 is 1.59 bits per heavy atom. The Morgan fingerprint density at radius 1 is 1.03 bits per heavy atom. The van der Waals surface area contributed by atoms with E-state index >= 15 is 0 Å². The van der Waals surface area contributed by atoms with Crippen LogP contribution in [0.3, 0.4) is 0 Å². The molecule has 0 aromatic heterocycles. The highest BCUT2D eigenvalue weighted by molar-refractivity contribution is 7.89. The van der Waals surface area contributed by atoms with Crippen LogP contribution in [0.15, 0.2) is 24.3 Å². The summed E-state index contributed by atoms with van der Waals surface area (Å²) in [6.45, 7) is 0.754. The second-order valence-corrected chi connectivity index (χ2v) is 10.9. The highest BCUT2D eigenvalue weighted by Crippen LogP contribution is 2.44. The number of alkyl halides is 3. The Hall–Kier alpha value is -1.85. The number of halogens is 3. The molecule has 2 aliphatic heterocycles. The van der Waals surface area contributed by atoms with Gasteiger partial charge in [-0.3, -0.25) is 4.79 Å². The molecule has 7 nitrogen and oxygen atoms in total. The normalized spacial score (nSPS) is 23.8. The molecular weight excluding hydrogens is 449 g/mol. The van der Waals surface area contributed by atoms with Crippen LogP contribution in [0, 0.1) is 11.3 Å². The van der Waals surface area contributed by atoms with E-state index in [9.17, 15) is 31.5 Å². The molecule has 2 saturated heterocycles. The van der Waals surface area contributed by atoms with Crippen LogP contribution in [-0.2, 0) is 14.8 Å². The summed E-state index contributed by atoms with van der Waals surface area (Å²) in [7, 11) is -3.84. The van der Waals surface area contributed by atoms with E-state index in [1.807, 2.05) is 0 Å². The second kappa shape index (κ2) is 8.49. The second-order valence-electron chi connectivity index (χ2n) is 8.91. The predicted molar refractivity (Wildman–Crippen MR) is 110 cm³/mol. The Kier molecular flexibility index (Phi) is 6.19. The predicted octanol–water partition coefficient (Wildman–Crippen LogP) is 3.24. The number of sulfonamides is 1. The lowest BCUT2D eigenvalue weighted by molar-refractivity contribution is -0.274. The van der Waals surface area contributed by atoms with Crippen LogP contribution >= 0.6 is 0 Å². The first-order chi connectivity index (χ1) is 15.0. The highest BCUT2D eigenvalue weighted by Gasteiger charge is 2.51. The minimum absolute atomic E-state index is 0.143. The van der Waals surface area contributed by atoms with Crippen LogP contribution in [0.25, 0.3) is 0 Å². The molecule has 1 unspecified atom stereocenters. The van der Waals surface area contributed by atoms with E-state index in [0.717, 1.165) is 12.8 Å². The topological polar surface area (TPSA) is 87.2 Å². The van der Waals surface area contributed by atoms with Gasteiger partial charge in [0.2, 0.25) is 15.9 Å². The number of anilines is 1. The number of benzene rings is 1. The van der Waals surface area contributed by atoms with Gasteiger partial charge in [-0.25, -0.2) is 8.42 Å². The number of hydrogen-bond donors (Lipinski definition) is 1. The number of hydrogen-bond acceptors (Lipinski definition) is 5. The number of nitrogens with zero attached hydrogens (tertiary/aromatic N) is 2. The lowest BCUT2D eigenvalue weighted by atomic mass is 9.77. The molecule has 0 bridgehead atoms. The van der Waals surface area contributed by atoms with Crippen molar-refractivity contribution in [3.05, 3.63) is 24.3 Å². The number of carbonyl (C=O) groups is 1. The summed E-state index contributed by atoms with van der Waals surface area (Å²) in [5.41, 5.74) is -1.61. The molecule has 1 aromatic carbocycles. The van der Waals surface area contributed by atoms with Gasteiger partial charge < -0.3 is 14.7 Å². The van der Waals surface area contributed by atoms with E-state index in [1.54, 1.807) is 0 Å². The van der Waals surface area contributed by atoms with Crippen molar-refractivity contribution in [2.75, 3.05) is 24.5 Å². The van der Waals surface area contributed by atoms with E-state index in [4.69, 9.17) is 0 Å². The lowest BCUT2D eigenvalue weighted by Gasteiger charge is -2.38. The highest BCUT2D eigenvalue weighted by atomic mass is 32.2. The number of aliphatic hydroxyl groups is 1. The van der Waals surface area contributed by atoms with Crippen LogP contribution in [-0.4, -0.2) is 55.2 Å². The van der Waals surface area contributed by atoms with Crippen LogP contribution in [0.2, 0.25) is 0 Å². The zero-order valence-electron chi connectivity index (χ0n) is 17.6. The van der Waals surface area contributed by atoms with Gasteiger partial charge in [0.25, 0.3) is 0 Å². The number of aliphatic hydroxyl groups excluding tert-OH is 1. The number of rotatable bonds is 5. The number of piperidine rings is 1. The van der Waals surface area contributed by atoms with Crippen LogP contribution in [0.5, 0.6) is 5.75 Å². The summed E-state index contributed by atoms with van der Waals surface area (Å²) in [5.74, 6) is -0.735. The van der Waals surface area contributed by atoms with Crippen LogP contribution < -0.4 is 9.64 Å². The molecule has 1 spiro atoms. The van der Waals surface area contributed by atoms with Gasteiger partial charge in [-0.1, -0.05) is 12.8 Å². The molecule has 32 heavy (non-hydrogen) atoms. The lowest BCUT2D eigenvalue weighted by Crippen LogP contribution is -2.50. The van der Waals surface area contributed by atoms with Crippen molar-refractivity contribution in [1.29, 1.82) is 0 Å². The average molecular weight is 477 g/mol. The molecule has 1 N–H and O–H groups in total. The molecule has 11 heteroatoms. The quantitative estimate of drug-likeness (QED) is 0.705. The van der Waals surface area contributed by atoms with Gasteiger partial charge in [-0.05, 0) is 56.4 Å². The fourth-order valence-electron chi connectivity index (χ4n) is 5.17. The first kappa shape index (κ1) is 23.3. The summed E-state index contributed by atoms with van der Waals surface area (Å²) in [4.78, 5) is 14.7. The molecule has 178 valence electrons. The Labute approximate surface area is 185 Å². The zero-order valence-corrected chi connectivity index (χ0v) is 18.4. The smallest absolute Gasteiger partial charge is 0.406 e. The fourth-order valence-corrected chi connectivity index (χ4v) is 6.92. The monoisotopic (exact) mass is 476 g/mol. The van der Waals surface area contributed by atoms with Crippen molar-refractivity contribution in [1.82, 2.24) is 4.31 Å². The molecule has 3 aliphatic rings. The standard InChI is InChI=1S/C21H27F3N2O5S/c22-21(23,24)31-17-7-5-16(6-8-17)26-14-11-20(19(26)28)9-12-25(13-10-20)32(29,30)18(27)15-3-1-2-4-15/h5-8,15,18,27H,1-4,9-14H2. The third-order valence-corrected chi connectivity index (χ3v) is 9.12. The number of ether oxygens (including phenoxy) is 1. The Bertz CT molecular complexity index is 937. The molecule has 1 aromatic rings. The fraction of sp³-hybridized carbons (Fsp3) is 0.667. The summed E-state index contributed by atoms with van der Waals surface area (Å²) in [5, 5.41) is 10.4. The largest absolute Gasteiger partial charge is 0.573 e. The third kappa shape index (κ3) is 4.47. The number of carbonyl (C=O) groups excluding carboxylic acids is 1. The first-order valence-electron chi connectivity index (χ1n) is 10.9. The van der Waals surface area contributed by atoms with Crippen molar-refractivity contribution in [3.8, 4) is 5.75 Å². The SMILES string of the molecule is O=C1N(c2ccc(OC(F)(F)F)cc2)CCC12CCN(S(=O)(=O)C(O)C1CCCC1)CC2. The van der Waals surface area contributed by atoms with Gasteiger partial charge in [0.05, 0.1) is 5.41 Å². The molecule has 2 heterocycles. The van der Waals surface area contributed by atoms with Gasteiger partial charge in [0, 0.05) is 31.2 Å². The summed E-state index contributed by atoms with van der Waals surface area (Å²) in [6, 6.07) is 5.16. The van der Waals surface area contributed by atoms with Crippen molar-refractivity contribution in [2.24, 2.45) is 11.3 Å². The van der Waals surface area contributed by atoms with Crippen molar-refractivity contribution >= 4 is 21.6 Å². The maximum absolute atomic E-state index is 13.2. The summed E-state index contributed by atoms with van der Waals surface area (Å²) >= 11 is 0. The van der Waals surface area contributed by atoms with Gasteiger partial charge >= 0.3 is 6.36 Å². The minimum atomic E-state index is -4.78. The van der Waals surface area contributed by atoms with Crippen molar-refractivity contribution in [2.45, 2.75) is 56.7 Å². The van der Waals surface area contributed by atoms with Gasteiger partial charge in [0.1, 0.15) is 5.75 Å². The van der Waals surface area contributed by atoms with E-state index in [1.165, 1.54) is 33.5 Å². The molecular formula is C21H27F3N2O5S. The molecule has 3 fully saturated rings. The maximum Gasteiger partial charge on any atom is 0.573 e. The van der Waals surface area contributed by atoms with Crippen LogP contribution in [0.4, 0.5) is 18.9 Å². The minimum Gasteiger partial charge on any atom is -0.406 e. The molecule has 1 saturated carbocycles. The Morgan fingerprint density at radius 3 is 2.16 bits per heavy atom. The van der Waals surface area contributed by atoms with Crippen molar-refractivity contribution < 1.29 is 36.2 Å². The summed E-state index contributed by atoms with van der Waals surface area (Å²) in [6.07, 6.45) is -0.262. The molecule has 1 amide bonds. The van der Waals surface area contributed by atoms with Gasteiger partial charge in [-0.2, -0.15) is 4.31 Å². The van der Waals surface area contributed by atoms with Gasteiger partial charge in [-0.15, -0.1) is 13.2 Å². The van der Waals surface area contributed by atoms with E-state index < -0.39 is 27.2 Å². The molecule has 1 aliphatic carbocycles. The van der Waals surface area contributed by atoms with Crippen molar-refractivity contribution in [3.63, 3.8) is 0 Å². The molecule has 4 rings (SSSR count). The van der Waals surface area contributed by atoms with Gasteiger partial charge in [0.15, 0.2) is 5.44 Å². The van der Waals surface area contributed by atoms with E-state index in [2.05, 4.69) is 4.74 Å². The maximum atomic E-state index is 13.2. The third-order valence-electron chi connectivity index (χ3n) is 7.04. The zero-order chi connectivity index (χ0) is 23.1. The first-order valence-corrected chi connectivity index (χ1v) is 12.4. The Balaban J connectivity index is 1.40. The number of amides is 1. The average Bonchev–Trinajstić information content (AvgIpc) is 3.37. The molecule has 1 atom stereocenters. The van der Waals surface area contributed by atoms with E-state index in [0.29, 0.717) is 44.3 Å². The molecule has 0 radical (unpaired) electrons. The van der Waals surface area contributed by atoms with Crippen LogP contribution in [0.1, 0.15) is 44.9 Å².